The van der Waals surface area contributed by atoms with Crippen molar-refractivity contribution in [3.05, 3.63) is 35.9 Å². The lowest BCUT2D eigenvalue weighted by molar-refractivity contribution is -0.125. The van der Waals surface area contributed by atoms with Crippen molar-refractivity contribution < 1.29 is 19.1 Å². The van der Waals surface area contributed by atoms with Crippen molar-refractivity contribution in [1.29, 1.82) is 0 Å². The van der Waals surface area contributed by atoms with E-state index in [-0.39, 0.29) is 24.9 Å². The average Bonchev–Trinajstić information content (AvgIpc) is 2.68. The van der Waals surface area contributed by atoms with Gasteiger partial charge < -0.3 is 31.6 Å². The van der Waals surface area contributed by atoms with E-state index in [2.05, 4.69) is 15.6 Å². The fraction of sp³-hybridized carbons (Fsp3) is 0.500. The van der Waals surface area contributed by atoms with Gasteiger partial charge in [0, 0.05) is 13.0 Å². The maximum atomic E-state index is 12.7. The van der Waals surface area contributed by atoms with E-state index in [1.807, 2.05) is 44.2 Å². The monoisotopic (exact) mass is 405 g/mol. The number of benzene rings is 1. The number of ether oxygens (including phenoxy) is 1. The summed E-state index contributed by atoms with van der Waals surface area (Å²) in [5.74, 6) is -0.315. The number of aliphatic imine (C=N–C) groups is 1. The lowest BCUT2D eigenvalue weighted by Crippen LogP contribution is -2.51. The highest BCUT2D eigenvalue weighted by Crippen LogP contribution is 2.05. The molecule has 0 aliphatic rings. The Morgan fingerprint density at radius 3 is 2.45 bits per heavy atom. The van der Waals surface area contributed by atoms with E-state index in [4.69, 9.17) is 16.2 Å². The molecule has 9 heteroatoms. The maximum Gasteiger partial charge on any atom is 0.407 e. The van der Waals surface area contributed by atoms with Crippen LogP contribution in [0, 0.1) is 5.92 Å². The molecule has 160 valence electrons. The molecule has 0 unspecified atom stereocenters. The van der Waals surface area contributed by atoms with E-state index in [9.17, 15) is 14.4 Å². The molecule has 0 aromatic heterocycles. The van der Waals surface area contributed by atoms with Crippen LogP contribution in [0.2, 0.25) is 0 Å². The van der Waals surface area contributed by atoms with Gasteiger partial charge in [0.15, 0.2) is 5.96 Å². The van der Waals surface area contributed by atoms with Crippen LogP contribution in [0.1, 0.15) is 32.3 Å². The molecule has 0 saturated heterocycles. The number of carbonyl (C=O) groups excluding carboxylic acids is 3. The second-order valence-corrected chi connectivity index (χ2v) is 7.08. The number of carbonyl (C=O) groups is 3. The highest BCUT2D eigenvalue weighted by molar-refractivity contribution is 5.87. The van der Waals surface area contributed by atoms with Crippen LogP contribution in [-0.2, 0) is 20.7 Å². The largest absolute Gasteiger partial charge is 0.449 e. The van der Waals surface area contributed by atoms with E-state index in [1.54, 1.807) is 0 Å². The normalized spacial score (nSPS) is 12.5. The van der Waals surface area contributed by atoms with Crippen LogP contribution >= 0.6 is 0 Å². The second-order valence-electron chi connectivity index (χ2n) is 7.08. The second kappa shape index (κ2) is 13.1. The van der Waals surface area contributed by atoms with Gasteiger partial charge in [-0.2, -0.15) is 0 Å². The molecule has 2 atom stereocenters. The molecule has 0 aliphatic carbocycles. The zero-order valence-electron chi connectivity index (χ0n) is 17.0. The summed E-state index contributed by atoms with van der Waals surface area (Å²) < 4.78 is 5.12. The molecule has 29 heavy (non-hydrogen) atoms. The van der Waals surface area contributed by atoms with Gasteiger partial charge >= 0.3 is 6.09 Å². The van der Waals surface area contributed by atoms with Crippen molar-refractivity contribution in [2.45, 2.75) is 45.2 Å². The van der Waals surface area contributed by atoms with Crippen LogP contribution in [-0.4, -0.2) is 49.5 Å². The minimum Gasteiger partial charge on any atom is -0.449 e. The molecule has 1 rings (SSSR count). The van der Waals surface area contributed by atoms with E-state index >= 15 is 0 Å². The summed E-state index contributed by atoms with van der Waals surface area (Å²) in [4.78, 5) is 40.0. The number of hydrogen-bond donors (Lipinski definition) is 4. The summed E-state index contributed by atoms with van der Waals surface area (Å²) >= 11 is 0. The van der Waals surface area contributed by atoms with Crippen LogP contribution in [0.4, 0.5) is 4.79 Å². The van der Waals surface area contributed by atoms with E-state index < -0.39 is 24.1 Å². The fourth-order valence-electron chi connectivity index (χ4n) is 2.46. The molecule has 1 aromatic rings. The van der Waals surface area contributed by atoms with Crippen LogP contribution in [0.25, 0.3) is 0 Å². The molecular formula is C20H31N5O4. The number of alkyl carbamates (subject to hydrolysis) is 1. The highest BCUT2D eigenvalue weighted by atomic mass is 16.5. The lowest BCUT2D eigenvalue weighted by Gasteiger charge is -2.21. The van der Waals surface area contributed by atoms with Gasteiger partial charge in [0.25, 0.3) is 0 Å². The molecule has 0 bridgehead atoms. The Hall–Kier alpha value is -3.10. The van der Waals surface area contributed by atoms with Crippen molar-refractivity contribution in [2.24, 2.45) is 22.4 Å². The molecule has 2 amide bonds. The Labute approximate surface area is 171 Å². The molecule has 0 saturated carbocycles. The first kappa shape index (κ1) is 23.9. The quantitative estimate of drug-likeness (QED) is 0.174. The summed E-state index contributed by atoms with van der Waals surface area (Å²) in [6.07, 6.45) is 1.15. The van der Waals surface area contributed by atoms with Gasteiger partial charge in [-0.05, 0) is 24.3 Å². The first-order valence-electron chi connectivity index (χ1n) is 9.60. The van der Waals surface area contributed by atoms with Crippen LogP contribution in [0.5, 0.6) is 0 Å². The summed E-state index contributed by atoms with van der Waals surface area (Å²) in [6.45, 7) is 4.43. The van der Waals surface area contributed by atoms with Crippen molar-refractivity contribution in [2.75, 3.05) is 13.2 Å². The molecular weight excluding hydrogens is 374 g/mol. The third-order valence-electron chi connectivity index (χ3n) is 3.90. The lowest BCUT2D eigenvalue weighted by atomic mass is 10.0. The van der Waals surface area contributed by atoms with Gasteiger partial charge in [-0.15, -0.1) is 0 Å². The average molecular weight is 405 g/mol. The standard InChI is InChI=1S/C20H31N5O4/c1-14(2)13-29-20(28)25-17(11-15-7-4-3-5-8-15)18(27)24-16(12-26)9-6-10-23-19(21)22/h3-5,7-8,12,14,16-17H,6,9-11,13H2,1-2H3,(H,24,27)(H,25,28)(H4,21,22,23)/t16-,17+/m1/s1. The Bertz CT molecular complexity index is 675. The summed E-state index contributed by atoms with van der Waals surface area (Å²) in [7, 11) is 0. The Morgan fingerprint density at radius 2 is 1.86 bits per heavy atom. The van der Waals surface area contributed by atoms with Crippen LogP contribution in [0.15, 0.2) is 35.3 Å². The van der Waals surface area contributed by atoms with E-state index in [0.717, 1.165) is 5.56 Å². The Balaban J connectivity index is 2.73. The number of nitrogens with zero attached hydrogens (tertiary/aromatic N) is 1. The molecule has 0 radical (unpaired) electrons. The van der Waals surface area contributed by atoms with Crippen molar-refractivity contribution in [3.8, 4) is 0 Å². The van der Waals surface area contributed by atoms with E-state index in [1.165, 1.54) is 0 Å². The topological polar surface area (TPSA) is 149 Å². The predicted molar refractivity (Wildman–Crippen MR) is 111 cm³/mol. The molecule has 0 heterocycles. The Morgan fingerprint density at radius 1 is 1.17 bits per heavy atom. The van der Waals surface area contributed by atoms with Gasteiger partial charge in [0.2, 0.25) is 5.91 Å². The SMILES string of the molecule is CC(C)COC(=O)N[C@@H](Cc1ccccc1)C(=O)N[C@@H](C=O)CCCN=C(N)N. The number of rotatable bonds is 12. The minimum atomic E-state index is -0.878. The zero-order valence-corrected chi connectivity index (χ0v) is 17.0. The van der Waals surface area contributed by atoms with Gasteiger partial charge in [0.05, 0.1) is 12.6 Å². The molecule has 6 N–H and O–H groups in total. The fourth-order valence-corrected chi connectivity index (χ4v) is 2.46. The third kappa shape index (κ3) is 10.7. The maximum absolute atomic E-state index is 12.7. The first-order valence-corrected chi connectivity index (χ1v) is 9.60. The first-order chi connectivity index (χ1) is 13.8. The van der Waals surface area contributed by atoms with Crippen LogP contribution in [0.3, 0.4) is 0 Å². The van der Waals surface area contributed by atoms with Gasteiger partial charge in [0.1, 0.15) is 12.3 Å². The van der Waals surface area contributed by atoms with Gasteiger partial charge in [-0.25, -0.2) is 4.79 Å². The molecule has 0 aliphatic heterocycles. The number of nitrogens with two attached hydrogens (primary N) is 2. The van der Waals surface area contributed by atoms with Gasteiger partial charge in [-0.3, -0.25) is 9.79 Å². The Kier molecular flexibility index (Phi) is 10.8. The summed E-state index contributed by atoms with van der Waals surface area (Å²) in [5, 5.41) is 5.25. The van der Waals surface area contributed by atoms with E-state index in [0.29, 0.717) is 25.7 Å². The minimum absolute atomic E-state index is 0.0243. The molecule has 1 aromatic carbocycles. The summed E-state index contributed by atoms with van der Waals surface area (Å²) in [6, 6.07) is 7.68. The smallest absolute Gasteiger partial charge is 0.407 e. The molecule has 0 spiro atoms. The van der Waals surface area contributed by atoms with Gasteiger partial charge in [-0.1, -0.05) is 44.2 Å². The van der Waals surface area contributed by atoms with Crippen molar-refractivity contribution >= 4 is 24.2 Å². The number of hydrogen-bond acceptors (Lipinski definition) is 5. The molecule has 9 nitrogen and oxygen atoms in total. The predicted octanol–water partition coefficient (Wildman–Crippen LogP) is 0.717. The van der Waals surface area contributed by atoms with Crippen molar-refractivity contribution in [3.63, 3.8) is 0 Å². The third-order valence-corrected chi connectivity index (χ3v) is 3.90. The zero-order chi connectivity index (χ0) is 21.6. The van der Waals surface area contributed by atoms with Crippen LogP contribution < -0.4 is 22.1 Å². The highest BCUT2D eigenvalue weighted by Gasteiger charge is 2.24. The number of guanidine groups is 1. The number of nitrogens with one attached hydrogen (secondary N) is 2. The number of aldehydes is 1. The van der Waals surface area contributed by atoms with Crippen molar-refractivity contribution in [1.82, 2.24) is 10.6 Å². The molecule has 0 fully saturated rings. The summed E-state index contributed by atoms with van der Waals surface area (Å²) in [5.41, 5.74) is 11.4. The number of amides is 2.